The van der Waals surface area contributed by atoms with Crippen molar-refractivity contribution in [3.05, 3.63) is 63.1 Å². The molecule has 1 amide bonds. The lowest BCUT2D eigenvalue weighted by molar-refractivity contribution is 0.0922. The van der Waals surface area contributed by atoms with Gasteiger partial charge in [0.2, 0.25) is 0 Å². The van der Waals surface area contributed by atoms with Gasteiger partial charge in [0.15, 0.2) is 11.5 Å². The third-order valence-corrected chi connectivity index (χ3v) is 4.84. The molecule has 0 atom stereocenters. The van der Waals surface area contributed by atoms with Crippen LogP contribution in [0.1, 0.15) is 28.9 Å². The number of hydrogen-bond acceptors (Lipinski definition) is 2. The fourth-order valence-corrected chi connectivity index (χ4v) is 2.95. The number of aromatic nitrogens is 1. The van der Waals surface area contributed by atoms with Crippen molar-refractivity contribution in [2.24, 2.45) is 0 Å². The first-order valence-electron chi connectivity index (χ1n) is 6.87. The van der Waals surface area contributed by atoms with Gasteiger partial charge in [-0.25, -0.2) is 9.37 Å². The van der Waals surface area contributed by atoms with Crippen LogP contribution in [0.15, 0.2) is 41.0 Å². The molecule has 0 unspecified atom stereocenters. The van der Waals surface area contributed by atoms with Crippen LogP contribution >= 0.6 is 27.5 Å². The molecule has 0 aliphatic heterocycles. The van der Waals surface area contributed by atoms with E-state index >= 15 is 0 Å². The van der Waals surface area contributed by atoms with E-state index in [1.54, 1.807) is 0 Å². The molecule has 1 fully saturated rings. The van der Waals surface area contributed by atoms with Crippen LogP contribution < -0.4 is 5.32 Å². The van der Waals surface area contributed by atoms with E-state index in [0.717, 1.165) is 22.9 Å². The first-order chi connectivity index (χ1) is 10.5. The predicted molar refractivity (Wildman–Crippen MR) is 86.5 cm³/mol. The highest BCUT2D eigenvalue weighted by Crippen LogP contribution is 2.40. The number of benzene rings is 1. The topological polar surface area (TPSA) is 42.0 Å². The Bertz CT molecular complexity index is 734. The van der Waals surface area contributed by atoms with Crippen LogP contribution in [0.2, 0.25) is 5.02 Å². The zero-order chi connectivity index (χ0) is 15.7. The Morgan fingerprint density at radius 1 is 1.36 bits per heavy atom. The summed E-state index contributed by atoms with van der Waals surface area (Å²) in [6, 6.07) is 9.19. The normalized spacial score (nSPS) is 15.4. The molecule has 22 heavy (non-hydrogen) atoms. The molecule has 0 saturated heterocycles. The summed E-state index contributed by atoms with van der Waals surface area (Å²) < 4.78 is 14.9. The summed E-state index contributed by atoms with van der Waals surface area (Å²) in [4.78, 5) is 16.1. The SMILES string of the molecule is O=C(NC1(Cc2ccccc2Br)CC1)c1nccc(Cl)c1F. The number of carbonyl (C=O) groups is 1. The maximum atomic E-state index is 13.9. The number of carbonyl (C=O) groups excluding carboxylic acids is 1. The quantitative estimate of drug-likeness (QED) is 0.862. The van der Waals surface area contributed by atoms with Crippen LogP contribution in [0.3, 0.4) is 0 Å². The lowest BCUT2D eigenvalue weighted by Crippen LogP contribution is -2.39. The number of hydrogen-bond donors (Lipinski definition) is 1. The van der Waals surface area contributed by atoms with Gasteiger partial charge in [0.25, 0.3) is 5.91 Å². The molecule has 0 radical (unpaired) electrons. The van der Waals surface area contributed by atoms with E-state index in [2.05, 4.69) is 26.2 Å². The highest BCUT2D eigenvalue weighted by atomic mass is 79.9. The minimum absolute atomic E-state index is 0.101. The van der Waals surface area contributed by atoms with Crippen molar-refractivity contribution in [2.45, 2.75) is 24.8 Å². The van der Waals surface area contributed by atoms with E-state index in [4.69, 9.17) is 11.6 Å². The van der Waals surface area contributed by atoms with Gasteiger partial charge in [-0.1, -0.05) is 45.7 Å². The molecule has 0 bridgehead atoms. The van der Waals surface area contributed by atoms with Gasteiger partial charge >= 0.3 is 0 Å². The van der Waals surface area contributed by atoms with Gasteiger partial charge in [0.1, 0.15) is 0 Å². The van der Waals surface area contributed by atoms with Crippen molar-refractivity contribution in [2.75, 3.05) is 0 Å². The Morgan fingerprint density at radius 3 is 2.77 bits per heavy atom. The molecular weight excluding hydrogens is 371 g/mol. The summed E-state index contributed by atoms with van der Waals surface area (Å²) in [6.07, 6.45) is 3.75. The second-order valence-corrected chi connectivity index (χ2v) is 6.72. The summed E-state index contributed by atoms with van der Waals surface area (Å²) in [5, 5.41) is 2.81. The Kier molecular flexibility index (Phi) is 4.19. The van der Waals surface area contributed by atoms with Gasteiger partial charge in [-0.2, -0.15) is 0 Å². The van der Waals surface area contributed by atoms with Crippen molar-refractivity contribution in [1.29, 1.82) is 0 Å². The molecule has 1 aliphatic rings. The summed E-state index contributed by atoms with van der Waals surface area (Å²) in [5.41, 5.74) is 0.530. The zero-order valence-corrected chi connectivity index (χ0v) is 13.9. The molecule has 1 N–H and O–H groups in total. The van der Waals surface area contributed by atoms with Gasteiger partial charge in [0.05, 0.1) is 5.02 Å². The van der Waals surface area contributed by atoms with Gasteiger partial charge in [-0.05, 0) is 37.0 Å². The maximum absolute atomic E-state index is 13.9. The average molecular weight is 384 g/mol. The van der Waals surface area contributed by atoms with E-state index < -0.39 is 11.7 Å². The van der Waals surface area contributed by atoms with Crippen LogP contribution in [0.5, 0.6) is 0 Å². The maximum Gasteiger partial charge on any atom is 0.273 e. The van der Waals surface area contributed by atoms with Gasteiger partial charge in [-0.3, -0.25) is 4.79 Å². The van der Waals surface area contributed by atoms with E-state index in [9.17, 15) is 9.18 Å². The Balaban J connectivity index is 1.76. The Hall–Kier alpha value is -1.46. The molecule has 3 nitrogen and oxygen atoms in total. The number of rotatable bonds is 4. The highest BCUT2D eigenvalue weighted by molar-refractivity contribution is 9.10. The van der Waals surface area contributed by atoms with E-state index in [1.807, 2.05) is 24.3 Å². The Labute approximate surface area is 141 Å². The summed E-state index contributed by atoms with van der Waals surface area (Å²) in [7, 11) is 0. The minimum atomic E-state index is -0.779. The third kappa shape index (κ3) is 3.15. The smallest absolute Gasteiger partial charge is 0.273 e. The third-order valence-electron chi connectivity index (χ3n) is 3.78. The van der Waals surface area contributed by atoms with Gasteiger partial charge < -0.3 is 5.32 Å². The molecule has 6 heteroatoms. The number of nitrogens with one attached hydrogen (secondary N) is 1. The molecular formula is C16H13BrClFN2O. The second-order valence-electron chi connectivity index (χ2n) is 5.46. The first kappa shape index (κ1) is 15.4. The molecule has 3 rings (SSSR count). The molecule has 1 aromatic heterocycles. The largest absolute Gasteiger partial charge is 0.345 e. The fraction of sp³-hybridized carbons (Fsp3) is 0.250. The molecule has 1 heterocycles. The van der Waals surface area contributed by atoms with Crippen LogP contribution in [0.25, 0.3) is 0 Å². The van der Waals surface area contributed by atoms with Crippen molar-refractivity contribution in [3.63, 3.8) is 0 Å². The standard InChI is InChI=1S/C16H13BrClFN2O/c17-11-4-2-1-3-10(11)9-16(6-7-16)21-15(22)14-13(19)12(18)5-8-20-14/h1-5,8H,6-7,9H2,(H,21,22). The van der Waals surface area contributed by atoms with Crippen molar-refractivity contribution >= 4 is 33.4 Å². The van der Waals surface area contributed by atoms with Crippen molar-refractivity contribution in [1.82, 2.24) is 10.3 Å². The minimum Gasteiger partial charge on any atom is -0.345 e. The molecule has 1 aliphatic carbocycles. The van der Waals surface area contributed by atoms with E-state index in [1.165, 1.54) is 12.3 Å². The number of amides is 1. The van der Waals surface area contributed by atoms with Crippen molar-refractivity contribution < 1.29 is 9.18 Å². The fourth-order valence-electron chi connectivity index (χ4n) is 2.38. The lowest BCUT2D eigenvalue weighted by atomic mass is 10.0. The molecule has 114 valence electrons. The summed E-state index contributed by atoms with van der Waals surface area (Å²) in [6.45, 7) is 0. The van der Waals surface area contributed by atoms with Crippen molar-refractivity contribution in [3.8, 4) is 0 Å². The average Bonchev–Trinajstić information content (AvgIpc) is 3.24. The monoisotopic (exact) mass is 382 g/mol. The van der Waals surface area contributed by atoms with Gasteiger partial charge in [0, 0.05) is 16.2 Å². The highest BCUT2D eigenvalue weighted by Gasteiger charge is 2.44. The summed E-state index contributed by atoms with van der Waals surface area (Å²) in [5.74, 6) is -1.30. The lowest BCUT2D eigenvalue weighted by Gasteiger charge is -2.18. The van der Waals surface area contributed by atoms with Crippen LogP contribution in [-0.2, 0) is 6.42 Å². The second kappa shape index (κ2) is 5.97. The van der Waals surface area contributed by atoms with Crippen LogP contribution in [-0.4, -0.2) is 16.4 Å². The number of pyridine rings is 1. The van der Waals surface area contributed by atoms with E-state index in [-0.39, 0.29) is 16.3 Å². The van der Waals surface area contributed by atoms with Crippen LogP contribution in [0.4, 0.5) is 4.39 Å². The van der Waals surface area contributed by atoms with Gasteiger partial charge in [-0.15, -0.1) is 0 Å². The summed E-state index contributed by atoms with van der Waals surface area (Å²) >= 11 is 9.20. The molecule has 0 spiro atoms. The predicted octanol–water partition coefficient (Wildman–Crippen LogP) is 4.14. The first-order valence-corrected chi connectivity index (χ1v) is 8.04. The number of halogens is 3. The Morgan fingerprint density at radius 2 is 2.09 bits per heavy atom. The molecule has 1 saturated carbocycles. The zero-order valence-electron chi connectivity index (χ0n) is 11.6. The number of nitrogens with zero attached hydrogens (tertiary/aromatic N) is 1. The molecule has 2 aromatic rings. The molecule has 1 aromatic carbocycles. The van der Waals surface area contributed by atoms with Crippen LogP contribution in [0, 0.1) is 5.82 Å². The van der Waals surface area contributed by atoms with E-state index in [0.29, 0.717) is 6.42 Å².